The van der Waals surface area contributed by atoms with E-state index in [0.29, 0.717) is 5.56 Å². The van der Waals surface area contributed by atoms with Gasteiger partial charge in [0.15, 0.2) is 0 Å². The summed E-state index contributed by atoms with van der Waals surface area (Å²) in [7, 11) is 0. The summed E-state index contributed by atoms with van der Waals surface area (Å²) >= 11 is 0. The van der Waals surface area contributed by atoms with E-state index in [1.807, 2.05) is 0 Å². The Kier molecular flexibility index (Phi) is 7.69. The van der Waals surface area contributed by atoms with Gasteiger partial charge in [0.1, 0.15) is 5.75 Å². The van der Waals surface area contributed by atoms with Crippen LogP contribution in [0, 0.1) is 48.5 Å². The van der Waals surface area contributed by atoms with Gasteiger partial charge in [0.2, 0.25) is 0 Å². The summed E-state index contributed by atoms with van der Waals surface area (Å²) < 4.78 is 0. The number of phenolic OH excluding ortho intramolecular Hbond substituents is 1. The van der Waals surface area contributed by atoms with E-state index in [1.54, 1.807) is 30.3 Å². The molecule has 0 fully saturated rings. The van der Waals surface area contributed by atoms with Crippen LogP contribution in [-0.2, 0) is 17.1 Å². The van der Waals surface area contributed by atoms with Gasteiger partial charge < -0.3 is 82.2 Å². The minimum Gasteiger partial charge on any atom is -0.999 e. The second-order valence-electron chi connectivity index (χ2n) is 3.81. The average molecular weight is 324 g/mol. The zero-order chi connectivity index (χ0) is 14.9. The first-order valence-corrected chi connectivity index (χ1v) is 5.99. The van der Waals surface area contributed by atoms with E-state index in [4.69, 9.17) is 0 Å². The third kappa shape index (κ3) is 5.57. The van der Waals surface area contributed by atoms with Crippen LogP contribution in [0.5, 0.6) is 5.75 Å². The molecule has 0 aliphatic heterocycles. The molecule has 1 N–H and O–H groups in total. The van der Waals surface area contributed by atoms with Crippen LogP contribution < -0.4 is 0 Å². The molecular formula is C19H8FeO2-10. The monoisotopic (exact) mass is 324 g/mol. The van der Waals surface area contributed by atoms with E-state index in [-0.39, 0.29) is 34.2 Å². The molecule has 0 saturated carbocycles. The number of ketones is 1. The summed E-state index contributed by atoms with van der Waals surface area (Å²) in [5.74, 6) is -0.285. The molecule has 2 nitrogen and oxygen atoms in total. The van der Waals surface area contributed by atoms with E-state index in [9.17, 15) is 9.90 Å². The van der Waals surface area contributed by atoms with Gasteiger partial charge in [0.25, 0.3) is 0 Å². The number of carbonyl (C=O) groups excluding carboxylic acids is 1. The third-order valence-corrected chi connectivity index (χ3v) is 2.38. The molecule has 0 atom stereocenters. The number of hydrogen-bond acceptors (Lipinski definition) is 2. The van der Waals surface area contributed by atoms with Crippen molar-refractivity contribution < 1.29 is 27.0 Å². The molecule has 0 unspecified atom stereocenters. The zero-order valence-electron chi connectivity index (χ0n) is 11.3. The Morgan fingerprint density at radius 2 is 1.73 bits per heavy atom. The van der Waals surface area contributed by atoms with Crippen molar-refractivity contribution in [1.29, 1.82) is 0 Å². The number of para-hydroxylation sites is 1. The van der Waals surface area contributed by atoms with Crippen LogP contribution in [0.15, 0.2) is 36.4 Å². The summed E-state index contributed by atoms with van der Waals surface area (Å²) in [6.07, 6.45) is 2.92. The SMILES string of the molecule is O=C(/C=C/[c-]1[c-][c-][c-][c-]1)c1ccccc1O.[Fe].[c-]1[c-][c-][cH-][c-]1. The molecule has 0 bridgehead atoms. The zero-order valence-corrected chi connectivity index (χ0v) is 12.4. The van der Waals surface area contributed by atoms with Crippen LogP contribution in [0.25, 0.3) is 6.08 Å². The Morgan fingerprint density at radius 3 is 2.27 bits per heavy atom. The summed E-state index contributed by atoms with van der Waals surface area (Å²) in [4.78, 5) is 11.7. The van der Waals surface area contributed by atoms with Crippen LogP contribution in [-0.4, -0.2) is 10.9 Å². The van der Waals surface area contributed by atoms with Crippen molar-refractivity contribution in [2.24, 2.45) is 0 Å². The predicted molar refractivity (Wildman–Crippen MR) is 76.2 cm³/mol. The molecule has 0 spiro atoms. The van der Waals surface area contributed by atoms with Crippen LogP contribution in [0.4, 0.5) is 0 Å². The van der Waals surface area contributed by atoms with Crippen molar-refractivity contribution >= 4 is 11.9 Å². The largest absolute Gasteiger partial charge is 0.999 e. The van der Waals surface area contributed by atoms with Gasteiger partial charge in [-0.1, -0.05) is 12.1 Å². The molecule has 0 heterocycles. The maximum Gasteiger partial charge on any atom is 0.124 e. The van der Waals surface area contributed by atoms with Gasteiger partial charge in [-0.05, 0) is 12.1 Å². The van der Waals surface area contributed by atoms with E-state index in [2.05, 4.69) is 48.5 Å². The number of aromatic hydroxyl groups is 1. The van der Waals surface area contributed by atoms with Crippen molar-refractivity contribution in [2.75, 3.05) is 0 Å². The molecular weight excluding hydrogens is 316 g/mol. The topological polar surface area (TPSA) is 37.3 Å². The molecule has 3 rings (SSSR count). The van der Waals surface area contributed by atoms with Gasteiger partial charge in [-0.25, -0.2) is 0 Å². The Hall–Kier alpha value is -2.35. The fraction of sp³-hybridized carbons (Fsp3) is 0. The molecule has 3 aromatic carbocycles. The normalized spacial score (nSPS) is 9.64. The summed E-state index contributed by atoms with van der Waals surface area (Å²) in [5, 5.41) is 9.46. The number of benzene rings is 1. The quantitative estimate of drug-likeness (QED) is 0.348. The fourth-order valence-electron chi connectivity index (χ4n) is 1.42. The van der Waals surface area contributed by atoms with Crippen molar-refractivity contribution in [3.8, 4) is 5.75 Å². The Labute approximate surface area is 140 Å². The average Bonchev–Trinajstić information content (AvgIpc) is 3.21. The third-order valence-electron chi connectivity index (χ3n) is 2.38. The van der Waals surface area contributed by atoms with Gasteiger partial charge >= 0.3 is 0 Å². The summed E-state index contributed by atoms with van der Waals surface area (Å²) in [6.45, 7) is 0. The van der Waals surface area contributed by atoms with Crippen LogP contribution in [0.1, 0.15) is 15.9 Å². The van der Waals surface area contributed by atoms with Crippen molar-refractivity contribution in [2.45, 2.75) is 0 Å². The Bertz CT molecular complexity index is 663. The fourth-order valence-corrected chi connectivity index (χ4v) is 1.42. The van der Waals surface area contributed by atoms with E-state index in [1.165, 1.54) is 12.1 Å². The van der Waals surface area contributed by atoms with Crippen LogP contribution in [0.2, 0.25) is 0 Å². The van der Waals surface area contributed by atoms with Gasteiger partial charge in [-0.15, -0.1) is 0 Å². The molecule has 0 radical (unpaired) electrons. The second kappa shape index (κ2) is 9.56. The van der Waals surface area contributed by atoms with Crippen molar-refractivity contribution in [3.63, 3.8) is 0 Å². The predicted octanol–water partition coefficient (Wildman–Crippen LogP) is 2.81. The van der Waals surface area contributed by atoms with Gasteiger partial charge in [0.05, 0.1) is 0 Å². The standard InChI is InChI=1S/C14H7O2.C5H.Fe/c15-13-8-4-3-7-12(13)14(16)10-9-11-5-1-2-6-11;1-2-4-5-3-1;/h3-4,7-10,15H;1H;/q2*-5;/b10-9+;;. The number of allylic oxidation sites excluding steroid dienone is 1. The molecule has 3 heteroatoms. The van der Waals surface area contributed by atoms with E-state index in [0.717, 1.165) is 0 Å². The van der Waals surface area contributed by atoms with Crippen LogP contribution >= 0.6 is 0 Å². The smallest absolute Gasteiger partial charge is 0.124 e. The van der Waals surface area contributed by atoms with Gasteiger partial charge in [0, 0.05) is 28.4 Å². The first-order chi connectivity index (χ1) is 10.3. The molecule has 0 amide bonds. The number of phenols is 1. The Morgan fingerprint density at radius 1 is 1.09 bits per heavy atom. The second-order valence-corrected chi connectivity index (χ2v) is 3.81. The van der Waals surface area contributed by atoms with Crippen molar-refractivity contribution in [3.05, 3.63) is 96.1 Å². The van der Waals surface area contributed by atoms with E-state index >= 15 is 0 Å². The minimum absolute atomic E-state index is 0. The molecule has 3 aromatic rings. The van der Waals surface area contributed by atoms with Gasteiger partial charge in [-0.3, -0.25) is 0 Å². The molecule has 0 aromatic heterocycles. The van der Waals surface area contributed by atoms with Gasteiger partial charge in [-0.2, -0.15) is 0 Å². The minimum atomic E-state index is -0.263. The first-order valence-electron chi connectivity index (χ1n) is 5.99. The molecule has 22 heavy (non-hydrogen) atoms. The molecule has 114 valence electrons. The maximum absolute atomic E-state index is 11.7. The van der Waals surface area contributed by atoms with Crippen LogP contribution in [0.3, 0.4) is 0 Å². The molecule has 0 aliphatic carbocycles. The van der Waals surface area contributed by atoms with Crippen molar-refractivity contribution in [1.82, 2.24) is 0 Å². The Balaban J connectivity index is 0.000000344. The maximum atomic E-state index is 11.7. The van der Waals surface area contributed by atoms with E-state index < -0.39 is 0 Å². The number of rotatable bonds is 3. The molecule has 0 aliphatic rings. The first kappa shape index (κ1) is 17.7. The number of carbonyl (C=O) groups is 1. The number of hydrogen-bond donors (Lipinski definition) is 1. The summed E-state index contributed by atoms with van der Waals surface area (Å²) in [6, 6.07) is 29.0. The summed E-state index contributed by atoms with van der Waals surface area (Å²) in [5.41, 5.74) is 0.891. The molecule has 0 saturated heterocycles.